The molecule has 0 aliphatic carbocycles. The van der Waals surface area contributed by atoms with Crippen molar-refractivity contribution in [1.29, 1.82) is 0 Å². The zero-order valence-electron chi connectivity index (χ0n) is 10.1. The summed E-state index contributed by atoms with van der Waals surface area (Å²) in [5.41, 5.74) is 1.32. The molecule has 1 aliphatic rings. The Kier molecular flexibility index (Phi) is 4.37. The fraction of sp³-hybridized carbons (Fsp3) is 0.571. The van der Waals surface area contributed by atoms with Gasteiger partial charge < -0.3 is 9.64 Å². The van der Waals surface area contributed by atoms with E-state index in [1.54, 1.807) is 0 Å². The van der Waals surface area contributed by atoms with Crippen LogP contribution < -0.4 is 0 Å². The molecular weight excluding hydrogens is 198 g/mol. The van der Waals surface area contributed by atoms with Crippen molar-refractivity contribution in [3.63, 3.8) is 0 Å². The Morgan fingerprint density at radius 1 is 1.25 bits per heavy atom. The highest BCUT2D eigenvalue weighted by Crippen LogP contribution is 2.23. The van der Waals surface area contributed by atoms with Crippen molar-refractivity contribution in [2.75, 3.05) is 26.2 Å². The van der Waals surface area contributed by atoms with Crippen molar-refractivity contribution in [2.24, 2.45) is 0 Å². The van der Waals surface area contributed by atoms with Gasteiger partial charge in [0.2, 0.25) is 0 Å². The lowest BCUT2D eigenvalue weighted by molar-refractivity contribution is 0.0618. The topological polar surface area (TPSA) is 12.5 Å². The van der Waals surface area contributed by atoms with E-state index in [1.807, 2.05) is 0 Å². The first-order valence-electron chi connectivity index (χ1n) is 6.29. The standard InChI is InChI=1S/C14H21NO/c1-2-9-15-10-8-14(16-12-11-15)13-6-4-3-5-7-13/h3-7,14H,2,8-12H2,1H3. The highest BCUT2D eigenvalue weighted by molar-refractivity contribution is 5.17. The van der Waals surface area contributed by atoms with E-state index >= 15 is 0 Å². The van der Waals surface area contributed by atoms with Crippen LogP contribution in [0.5, 0.6) is 0 Å². The fourth-order valence-corrected chi connectivity index (χ4v) is 2.29. The van der Waals surface area contributed by atoms with Crippen LogP contribution in [0.4, 0.5) is 0 Å². The SMILES string of the molecule is CCCN1CCOC(c2ccccc2)CC1. The van der Waals surface area contributed by atoms with Gasteiger partial charge in [-0.15, -0.1) is 0 Å². The van der Waals surface area contributed by atoms with E-state index in [4.69, 9.17) is 4.74 Å². The summed E-state index contributed by atoms with van der Waals surface area (Å²) in [7, 11) is 0. The van der Waals surface area contributed by atoms with Crippen LogP contribution in [0.15, 0.2) is 30.3 Å². The number of ether oxygens (including phenoxy) is 1. The summed E-state index contributed by atoms with van der Waals surface area (Å²) < 4.78 is 5.92. The summed E-state index contributed by atoms with van der Waals surface area (Å²) in [6.07, 6.45) is 2.64. The molecular formula is C14H21NO. The molecule has 0 amide bonds. The maximum atomic E-state index is 5.92. The molecule has 1 aliphatic heterocycles. The molecule has 2 rings (SSSR count). The third kappa shape index (κ3) is 3.06. The van der Waals surface area contributed by atoms with Gasteiger partial charge in [-0.2, -0.15) is 0 Å². The molecule has 0 saturated carbocycles. The van der Waals surface area contributed by atoms with Crippen molar-refractivity contribution in [3.05, 3.63) is 35.9 Å². The van der Waals surface area contributed by atoms with Crippen molar-refractivity contribution in [3.8, 4) is 0 Å². The van der Waals surface area contributed by atoms with Gasteiger partial charge in [-0.1, -0.05) is 37.3 Å². The second-order valence-electron chi connectivity index (χ2n) is 4.40. The molecule has 0 N–H and O–H groups in total. The first kappa shape index (κ1) is 11.6. The Hall–Kier alpha value is -0.860. The summed E-state index contributed by atoms with van der Waals surface area (Å²) in [4.78, 5) is 2.50. The van der Waals surface area contributed by atoms with Crippen LogP contribution in [-0.4, -0.2) is 31.1 Å². The molecule has 1 atom stereocenters. The van der Waals surface area contributed by atoms with Crippen LogP contribution in [0.1, 0.15) is 31.4 Å². The smallest absolute Gasteiger partial charge is 0.0837 e. The number of benzene rings is 1. The predicted octanol–water partition coefficient (Wildman–Crippen LogP) is 2.86. The van der Waals surface area contributed by atoms with Crippen molar-refractivity contribution >= 4 is 0 Å². The third-order valence-corrected chi connectivity index (χ3v) is 3.15. The molecule has 2 heteroatoms. The lowest BCUT2D eigenvalue weighted by Gasteiger charge is -2.17. The fourth-order valence-electron chi connectivity index (χ4n) is 2.29. The molecule has 0 spiro atoms. The van der Waals surface area contributed by atoms with Gasteiger partial charge in [0.15, 0.2) is 0 Å². The molecule has 88 valence electrons. The molecule has 1 unspecified atom stereocenters. The highest BCUT2D eigenvalue weighted by Gasteiger charge is 2.17. The highest BCUT2D eigenvalue weighted by atomic mass is 16.5. The molecule has 0 radical (unpaired) electrons. The summed E-state index contributed by atoms with van der Waals surface area (Å²) >= 11 is 0. The zero-order chi connectivity index (χ0) is 11.2. The van der Waals surface area contributed by atoms with Gasteiger partial charge in [0, 0.05) is 13.1 Å². The van der Waals surface area contributed by atoms with Gasteiger partial charge in [0.25, 0.3) is 0 Å². The summed E-state index contributed by atoms with van der Waals surface area (Å²) in [6, 6.07) is 10.6. The van der Waals surface area contributed by atoms with Gasteiger partial charge in [-0.3, -0.25) is 0 Å². The second kappa shape index (κ2) is 6.02. The normalized spacial score (nSPS) is 22.9. The van der Waals surface area contributed by atoms with Crippen molar-refractivity contribution in [1.82, 2.24) is 4.90 Å². The Morgan fingerprint density at radius 2 is 2.06 bits per heavy atom. The lowest BCUT2D eigenvalue weighted by atomic mass is 10.1. The van der Waals surface area contributed by atoms with Gasteiger partial charge in [0.1, 0.15) is 0 Å². The minimum absolute atomic E-state index is 0.294. The van der Waals surface area contributed by atoms with Gasteiger partial charge >= 0.3 is 0 Å². The molecule has 1 aromatic carbocycles. The van der Waals surface area contributed by atoms with Gasteiger partial charge in [-0.05, 0) is 24.9 Å². The second-order valence-corrected chi connectivity index (χ2v) is 4.40. The van der Waals surface area contributed by atoms with Crippen LogP contribution in [0.3, 0.4) is 0 Å². The van der Waals surface area contributed by atoms with E-state index in [0.29, 0.717) is 6.10 Å². The maximum absolute atomic E-state index is 5.92. The first-order valence-corrected chi connectivity index (χ1v) is 6.29. The minimum Gasteiger partial charge on any atom is -0.372 e. The molecule has 0 bridgehead atoms. The summed E-state index contributed by atoms with van der Waals surface area (Å²) in [5, 5.41) is 0. The predicted molar refractivity (Wildman–Crippen MR) is 66.5 cm³/mol. The number of nitrogens with zero attached hydrogens (tertiary/aromatic N) is 1. The molecule has 1 saturated heterocycles. The molecule has 1 aromatic rings. The average molecular weight is 219 g/mol. The monoisotopic (exact) mass is 219 g/mol. The Bertz CT molecular complexity index is 299. The van der Waals surface area contributed by atoms with E-state index in [-0.39, 0.29) is 0 Å². The number of hydrogen-bond acceptors (Lipinski definition) is 2. The van der Waals surface area contributed by atoms with Crippen LogP contribution >= 0.6 is 0 Å². The van der Waals surface area contributed by atoms with E-state index in [0.717, 1.165) is 26.1 Å². The lowest BCUT2D eigenvalue weighted by Crippen LogP contribution is -2.26. The van der Waals surface area contributed by atoms with E-state index < -0.39 is 0 Å². The molecule has 2 nitrogen and oxygen atoms in total. The molecule has 0 aromatic heterocycles. The average Bonchev–Trinajstić information content (AvgIpc) is 2.57. The number of rotatable bonds is 3. The van der Waals surface area contributed by atoms with E-state index in [2.05, 4.69) is 42.2 Å². The summed E-state index contributed by atoms with van der Waals surface area (Å²) in [6.45, 7) is 6.54. The van der Waals surface area contributed by atoms with Crippen LogP contribution in [-0.2, 0) is 4.74 Å². The van der Waals surface area contributed by atoms with Crippen molar-refractivity contribution in [2.45, 2.75) is 25.9 Å². The first-order chi connectivity index (χ1) is 7.90. The number of hydrogen-bond donors (Lipinski definition) is 0. The Labute approximate surface area is 98.2 Å². The minimum atomic E-state index is 0.294. The van der Waals surface area contributed by atoms with Gasteiger partial charge in [-0.25, -0.2) is 0 Å². The Balaban J connectivity index is 1.94. The maximum Gasteiger partial charge on any atom is 0.0837 e. The molecule has 1 heterocycles. The quantitative estimate of drug-likeness (QED) is 0.775. The van der Waals surface area contributed by atoms with E-state index in [9.17, 15) is 0 Å². The zero-order valence-corrected chi connectivity index (χ0v) is 10.1. The molecule has 1 fully saturated rings. The largest absolute Gasteiger partial charge is 0.372 e. The Morgan fingerprint density at radius 3 is 2.81 bits per heavy atom. The third-order valence-electron chi connectivity index (χ3n) is 3.15. The van der Waals surface area contributed by atoms with Gasteiger partial charge in [0.05, 0.1) is 12.7 Å². The van der Waals surface area contributed by atoms with Crippen LogP contribution in [0.2, 0.25) is 0 Å². The van der Waals surface area contributed by atoms with Crippen LogP contribution in [0.25, 0.3) is 0 Å². The molecule has 16 heavy (non-hydrogen) atoms. The van der Waals surface area contributed by atoms with E-state index in [1.165, 1.54) is 18.5 Å². The summed E-state index contributed by atoms with van der Waals surface area (Å²) in [5.74, 6) is 0. The van der Waals surface area contributed by atoms with Crippen molar-refractivity contribution < 1.29 is 4.74 Å². The van der Waals surface area contributed by atoms with Crippen LogP contribution in [0, 0.1) is 0 Å².